The molecule has 6 heteroatoms. The molecule has 0 radical (unpaired) electrons. The predicted octanol–water partition coefficient (Wildman–Crippen LogP) is 2.77. The third-order valence-corrected chi connectivity index (χ3v) is 3.38. The summed E-state index contributed by atoms with van der Waals surface area (Å²) in [6.45, 7) is 3.93. The summed E-state index contributed by atoms with van der Waals surface area (Å²) >= 11 is 0. The number of benzene rings is 1. The summed E-state index contributed by atoms with van der Waals surface area (Å²) in [5, 5.41) is 6.56. The standard InChI is InChI=1S/C17H19N3O3/c1-12-5-3-7-15(13(12)2)19-16(21)8-9-17(22)20-18-11-14-6-4-10-23-14/h3-7,10-11H,8-9H2,1-2H3,(H,19,21)(H,20,22). The van der Waals surface area contributed by atoms with Crippen LogP contribution in [0, 0.1) is 13.8 Å². The molecule has 2 amide bonds. The van der Waals surface area contributed by atoms with Gasteiger partial charge in [0.1, 0.15) is 5.76 Å². The number of hydrogen-bond donors (Lipinski definition) is 2. The summed E-state index contributed by atoms with van der Waals surface area (Å²) in [6, 6.07) is 9.14. The van der Waals surface area contributed by atoms with E-state index in [1.54, 1.807) is 12.1 Å². The molecule has 0 bridgehead atoms. The van der Waals surface area contributed by atoms with Gasteiger partial charge in [-0.15, -0.1) is 0 Å². The van der Waals surface area contributed by atoms with E-state index in [2.05, 4.69) is 15.8 Å². The van der Waals surface area contributed by atoms with Crippen LogP contribution in [-0.4, -0.2) is 18.0 Å². The number of hydrogen-bond acceptors (Lipinski definition) is 4. The quantitative estimate of drug-likeness (QED) is 0.635. The number of nitrogens with one attached hydrogen (secondary N) is 2. The van der Waals surface area contributed by atoms with Gasteiger partial charge in [0, 0.05) is 18.5 Å². The molecule has 1 heterocycles. The number of carbonyl (C=O) groups excluding carboxylic acids is 2. The first-order valence-electron chi connectivity index (χ1n) is 7.28. The molecule has 0 aliphatic carbocycles. The van der Waals surface area contributed by atoms with Gasteiger partial charge in [-0.25, -0.2) is 5.43 Å². The van der Waals surface area contributed by atoms with Crippen molar-refractivity contribution in [2.24, 2.45) is 5.10 Å². The van der Waals surface area contributed by atoms with E-state index in [1.165, 1.54) is 12.5 Å². The van der Waals surface area contributed by atoms with Gasteiger partial charge in [0.05, 0.1) is 12.5 Å². The molecule has 1 aromatic carbocycles. The van der Waals surface area contributed by atoms with Crippen LogP contribution in [0.1, 0.15) is 29.7 Å². The second-order valence-corrected chi connectivity index (χ2v) is 5.10. The van der Waals surface area contributed by atoms with E-state index in [0.717, 1.165) is 16.8 Å². The van der Waals surface area contributed by atoms with Crippen molar-refractivity contribution in [3.05, 3.63) is 53.5 Å². The van der Waals surface area contributed by atoms with E-state index >= 15 is 0 Å². The highest BCUT2D eigenvalue weighted by Gasteiger charge is 2.08. The van der Waals surface area contributed by atoms with Gasteiger partial charge >= 0.3 is 0 Å². The Morgan fingerprint density at radius 3 is 2.65 bits per heavy atom. The fraction of sp³-hybridized carbons (Fsp3) is 0.235. The number of amides is 2. The van der Waals surface area contributed by atoms with Gasteiger partial charge in [-0.2, -0.15) is 5.10 Å². The lowest BCUT2D eigenvalue weighted by atomic mass is 10.1. The Kier molecular flexibility index (Phi) is 5.68. The van der Waals surface area contributed by atoms with Crippen LogP contribution in [0.4, 0.5) is 5.69 Å². The van der Waals surface area contributed by atoms with Crippen molar-refractivity contribution in [3.63, 3.8) is 0 Å². The lowest BCUT2D eigenvalue weighted by Gasteiger charge is -2.10. The van der Waals surface area contributed by atoms with Gasteiger partial charge in [-0.05, 0) is 43.2 Å². The zero-order valence-corrected chi connectivity index (χ0v) is 13.1. The summed E-state index contributed by atoms with van der Waals surface area (Å²) in [5.41, 5.74) is 5.25. The molecule has 6 nitrogen and oxygen atoms in total. The van der Waals surface area contributed by atoms with Crippen LogP contribution < -0.4 is 10.7 Å². The van der Waals surface area contributed by atoms with Crippen molar-refractivity contribution in [2.45, 2.75) is 26.7 Å². The minimum absolute atomic E-state index is 0.0617. The molecule has 2 N–H and O–H groups in total. The Labute approximate surface area is 134 Å². The van der Waals surface area contributed by atoms with Crippen molar-refractivity contribution < 1.29 is 14.0 Å². The molecule has 0 aliphatic heterocycles. The summed E-state index contributed by atoms with van der Waals surface area (Å²) in [6.07, 6.45) is 3.07. The van der Waals surface area contributed by atoms with Gasteiger partial charge < -0.3 is 9.73 Å². The molecule has 2 aromatic rings. The molecule has 0 atom stereocenters. The highest BCUT2D eigenvalue weighted by Crippen LogP contribution is 2.18. The highest BCUT2D eigenvalue weighted by molar-refractivity contribution is 5.94. The fourth-order valence-corrected chi connectivity index (χ4v) is 1.91. The van der Waals surface area contributed by atoms with Crippen LogP contribution in [0.2, 0.25) is 0 Å². The van der Waals surface area contributed by atoms with Crippen molar-refractivity contribution >= 4 is 23.7 Å². The van der Waals surface area contributed by atoms with Crippen molar-refractivity contribution in [1.82, 2.24) is 5.43 Å². The Hall–Kier alpha value is -2.89. The van der Waals surface area contributed by atoms with Crippen LogP contribution in [0.3, 0.4) is 0 Å². The first kappa shape index (κ1) is 16.5. The summed E-state index contributed by atoms with van der Waals surface area (Å²) in [7, 11) is 0. The molecule has 2 rings (SSSR count). The smallest absolute Gasteiger partial charge is 0.240 e. The molecular formula is C17H19N3O3. The monoisotopic (exact) mass is 313 g/mol. The second kappa shape index (κ2) is 7.93. The van der Waals surface area contributed by atoms with Gasteiger partial charge in [0.2, 0.25) is 11.8 Å². The van der Waals surface area contributed by atoms with E-state index in [4.69, 9.17) is 4.42 Å². The fourth-order valence-electron chi connectivity index (χ4n) is 1.91. The maximum absolute atomic E-state index is 11.9. The lowest BCUT2D eigenvalue weighted by molar-refractivity contribution is -0.124. The van der Waals surface area contributed by atoms with E-state index < -0.39 is 0 Å². The Morgan fingerprint density at radius 1 is 1.13 bits per heavy atom. The third-order valence-electron chi connectivity index (χ3n) is 3.38. The molecule has 0 fully saturated rings. The molecule has 120 valence electrons. The van der Waals surface area contributed by atoms with Crippen molar-refractivity contribution in [1.29, 1.82) is 0 Å². The lowest BCUT2D eigenvalue weighted by Crippen LogP contribution is -2.20. The molecule has 23 heavy (non-hydrogen) atoms. The van der Waals surface area contributed by atoms with E-state index in [9.17, 15) is 9.59 Å². The summed E-state index contributed by atoms with van der Waals surface area (Å²) in [5.74, 6) is 0.00532. The van der Waals surface area contributed by atoms with Crippen LogP contribution >= 0.6 is 0 Å². The number of rotatable bonds is 6. The Bertz CT molecular complexity index is 706. The van der Waals surface area contributed by atoms with Gasteiger partial charge in [-0.3, -0.25) is 9.59 Å². The maximum atomic E-state index is 11.9. The molecule has 0 spiro atoms. The SMILES string of the molecule is Cc1cccc(NC(=O)CCC(=O)NN=Cc2ccco2)c1C. The molecule has 0 saturated carbocycles. The first-order valence-corrected chi connectivity index (χ1v) is 7.28. The van der Waals surface area contributed by atoms with Crippen LogP contribution in [0.15, 0.2) is 46.1 Å². The van der Waals surface area contributed by atoms with Crippen LogP contribution in [-0.2, 0) is 9.59 Å². The summed E-state index contributed by atoms with van der Waals surface area (Å²) in [4.78, 5) is 23.5. The average molecular weight is 313 g/mol. The van der Waals surface area contributed by atoms with Crippen molar-refractivity contribution in [2.75, 3.05) is 5.32 Å². The van der Waals surface area contributed by atoms with E-state index in [0.29, 0.717) is 5.76 Å². The van der Waals surface area contributed by atoms with Gasteiger partial charge in [0.25, 0.3) is 0 Å². The Morgan fingerprint density at radius 2 is 1.91 bits per heavy atom. The molecular weight excluding hydrogens is 294 g/mol. The van der Waals surface area contributed by atoms with E-state index in [-0.39, 0.29) is 24.7 Å². The number of nitrogens with zero attached hydrogens (tertiary/aromatic N) is 1. The summed E-state index contributed by atoms with van der Waals surface area (Å²) < 4.78 is 5.04. The van der Waals surface area contributed by atoms with Crippen LogP contribution in [0.5, 0.6) is 0 Å². The minimum atomic E-state index is -0.330. The second-order valence-electron chi connectivity index (χ2n) is 5.10. The number of aryl methyl sites for hydroxylation is 1. The van der Waals surface area contributed by atoms with Gasteiger partial charge in [0.15, 0.2) is 0 Å². The zero-order chi connectivity index (χ0) is 16.7. The predicted molar refractivity (Wildman–Crippen MR) is 88.2 cm³/mol. The largest absolute Gasteiger partial charge is 0.463 e. The molecule has 0 saturated heterocycles. The Balaban J connectivity index is 1.75. The van der Waals surface area contributed by atoms with Crippen LogP contribution in [0.25, 0.3) is 0 Å². The minimum Gasteiger partial charge on any atom is -0.463 e. The van der Waals surface area contributed by atoms with Crippen molar-refractivity contribution in [3.8, 4) is 0 Å². The highest BCUT2D eigenvalue weighted by atomic mass is 16.3. The first-order chi connectivity index (χ1) is 11.1. The molecule has 1 aromatic heterocycles. The topological polar surface area (TPSA) is 83.7 Å². The average Bonchev–Trinajstić information content (AvgIpc) is 3.03. The number of carbonyl (C=O) groups is 2. The molecule has 0 unspecified atom stereocenters. The number of furan rings is 1. The normalized spacial score (nSPS) is 10.7. The maximum Gasteiger partial charge on any atom is 0.240 e. The number of hydrazone groups is 1. The molecule has 0 aliphatic rings. The third kappa shape index (κ3) is 5.10. The zero-order valence-electron chi connectivity index (χ0n) is 13.1. The van der Waals surface area contributed by atoms with Gasteiger partial charge in [-0.1, -0.05) is 12.1 Å². The van der Waals surface area contributed by atoms with E-state index in [1.807, 2.05) is 32.0 Å². The number of anilines is 1.